The van der Waals surface area contributed by atoms with Crippen molar-refractivity contribution in [2.75, 3.05) is 27.3 Å². The molecule has 0 aliphatic carbocycles. The largest absolute Gasteiger partial charge is 0.497 e. The van der Waals surface area contributed by atoms with Crippen molar-refractivity contribution in [2.24, 2.45) is 0 Å². The molecule has 2 atom stereocenters. The first-order valence-corrected chi connectivity index (χ1v) is 7.94. The number of aliphatic carboxylic acids is 1. The van der Waals surface area contributed by atoms with Gasteiger partial charge in [0.25, 0.3) is 0 Å². The van der Waals surface area contributed by atoms with E-state index in [2.05, 4.69) is 5.32 Å². The lowest BCUT2D eigenvalue weighted by Crippen LogP contribution is -2.43. The number of carboxylic acids is 1. The number of hydrogen-bond donors (Lipinski definition) is 2. The third-order valence-electron chi connectivity index (χ3n) is 4.28. The number of benzene rings is 1. The Bertz CT molecular complexity index is 605. The lowest BCUT2D eigenvalue weighted by molar-refractivity contribution is -0.142. The second kappa shape index (κ2) is 8.01. The molecule has 1 aliphatic heterocycles. The number of hydrogen-bond acceptors (Lipinski definition) is 5. The Hall–Kier alpha value is -2.28. The number of carbonyl (C=O) groups excluding carboxylic acids is 1. The number of amides is 1. The third-order valence-corrected chi connectivity index (χ3v) is 4.28. The molecular weight excluding hydrogens is 312 g/mol. The lowest BCUT2D eigenvalue weighted by Gasteiger charge is -2.23. The van der Waals surface area contributed by atoms with Crippen molar-refractivity contribution < 1.29 is 24.2 Å². The standard InChI is InChI=1S/C17H24N2O5/c1-11(13-9-12(23-2)6-7-15(13)24-3)18-16(20)10-19-8-4-5-14(19)17(21)22/h6-7,9,11,14H,4-5,8,10H2,1-3H3,(H,18,20)(H,21,22)/t11?,14-/m1/s1. The van der Waals surface area contributed by atoms with Crippen LogP contribution in [0.3, 0.4) is 0 Å². The zero-order valence-corrected chi connectivity index (χ0v) is 14.2. The molecule has 1 aromatic carbocycles. The number of methoxy groups -OCH3 is 2. The Kier molecular flexibility index (Phi) is 6.03. The van der Waals surface area contributed by atoms with Crippen LogP contribution < -0.4 is 14.8 Å². The highest BCUT2D eigenvalue weighted by atomic mass is 16.5. The SMILES string of the molecule is COc1ccc(OC)c(C(C)NC(=O)CN2CCC[C@@H]2C(=O)O)c1. The fourth-order valence-electron chi connectivity index (χ4n) is 3.02. The molecule has 0 aromatic heterocycles. The van der Waals surface area contributed by atoms with Gasteiger partial charge in [0.2, 0.25) is 5.91 Å². The molecule has 2 rings (SSSR count). The molecule has 1 saturated heterocycles. The quantitative estimate of drug-likeness (QED) is 0.783. The van der Waals surface area contributed by atoms with Crippen LogP contribution in [0.25, 0.3) is 0 Å². The Balaban J connectivity index is 2.02. The van der Waals surface area contributed by atoms with Gasteiger partial charge in [0.05, 0.1) is 26.8 Å². The van der Waals surface area contributed by atoms with Gasteiger partial charge < -0.3 is 19.9 Å². The number of carbonyl (C=O) groups is 2. The smallest absolute Gasteiger partial charge is 0.320 e. The Morgan fingerprint density at radius 1 is 1.38 bits per heavy atom. The van der Waals surface area contributed by atoms with Crippen LogP contribution in [0.1, 0.15) is 31.4 Å². The summed E-state index contributed by atoms with van der Waals surface area (Å²) in [5.74, 6) is 0.258. The Morgan fingerprint density at radius 3 is 2.75 bits per heavy atom. The molecule has 2 N–H and O–H groups in total. The first kappa shape index (κ1) is 18.1. The van der Waals surface area contributed by atoms with Crippen molar-refractivity contribution in [1.82, 2.24) is 10.2 Å². The first-order valence-electron chi connectivity index (χ1n) is 7.94. The van der Waals surface area contributed by atoms with Crippen molar-refractivity contribution in [3.05, 3.63) is 23.8 Å². The van der Waals surface area contributed by atoms with E-state index >= 15 is 0 Å². The molecule has 1 amide bonds. The molecule has 1 fully saturated rings. The summed E-state index contributed by atoms with van der Waals surface area (Å²) in [5.41, 5.74) is 0.807. The Morgan fingerprint density at radius 2 is 2.12 bits per heavy atom. The molecule has 7 nitrogen and oxygen atoms in total. The summed E-state index contributed by atoms with van der Waals surface area (Å²) < 4.78 is 10.6. The molecule has 0 spiro atoms. The minimum Gasteiger partial charge on any atom is -0.497 e. The van der Waals surface area contributed by atoms with Crippen LogP contribution in [0.5, 0.6) is 11.5 Å². The molecule has 0 bridgehead atoms. The van der Waals surface area contributed by atoms with Gasteiger partial charge in [0.1, 0.15) is 17.5 Å². The highest BCUT2D eigenvalue weighted by molar-refractivity contribution is 5.80. The van der Waals surface area contributed by atoms with Crippen molar-refractivity contribution in [2.45, 2.75) is 31.8 Å². The molecule has 1 heterocycles. The summed E-state index contributed by atoms with van der Waals surface area (Å²) >= 11 is 0. The van der Waals surface area contributed by atoms with Gasteiger partial charge in [-0.3, -0.25) is 14.5 Å². The van der Waals surface area contributed by atoms with Crippen LogP contribution in [-0.4, -0.2) is 55.2 Å². The van der Waals surface area contributed by atoms with Crippen LogP contribution in [-0.2, 0) is 9.59 Å². The van der Waals surface area contributed by atoms with Gasteiger partial charge in [-0.25, -0.2) is 0 Å². The van der Waals surface area contributed by atoms with Crippen LogP contribution in [0.2, 0.25) is 0 Å². The fourth-order valence-corrected chi connectivity index (χ4v) is 3.02. The maximum Gasteiger partial charge on any atom is 0.320 e. The maximum atomic E-state index is 12.3. The number of likely N-dealkylation sites (tertiary alicyclic amines) is 1. The number of nitrogens with one attached hydrogen (secondary N) is 1. The minimum absolute atomic E-state index is 0.0770. The predicted molar refractivity (Wildman–Crippen MR) is 88.3 cm³/mol. The van der Waals surface area contributed by atoms with E-state index in [1.54, 1.807) is 31.3 Å². The normalized spacial score (nSPS) is 18.9. The predicted octanol–water partition coefficient (Wildman–Crippen LogP) is 1.43. The molecule has 1 aliphatic rings. The topological polar surface area (TPSA) is 88.1 Å². The van der Waals surface area contributed by atoms with Crippen molar-refractivity contribution >= 4 is 11.9 Å². The summed E-state index contributed by atoms with van der Waals surface area (Å²) in [7, 11) is 3.15. The number of rotatable bonds is 7. The highest BCUT2D eigenvalue weighted by Gasteiger charge is 2.31. The number of carboxylic acid groups (broad SMARTS) is 1. The zero-order valence-electron chi connectivity index (χ0n) is 14.2. The number of nitrogens with zero attached hydrogens (tertiary/aromatic N) is 1. The van der Waals surface area contributed by atoms with E-state index in [4.69, 9.17) is 9.47 Å². The molecular formula is C17H24N2O5. The van der Waals surface area contributed by atoms with Gasteiger partial charge in [0, 0.05) is 5.56 Å². The lowest BCUT2D eigenvalue weighted by atomic mass is 10.1. The molecule has 24 heavy (non-hydrogen) atoms. The zero-order chi connectivity index (χ0) is 17.7. The molecule has 1 unspecified atom stereocenters. The highest BCUT2D eigenvalue weighted by Crippen LogP contribution is 2.29. The average molecular weight is 336 g/mol. The van der Waals surface area contributed by atoms with Crippen molar-refractivity contribution in [3.63, 3.8) is 0 Å². The van der Waals surface area contributed by atoms with E-state index < -0.39 is 12.0 Å². The van der Waals surface area contributed by atoms with Gasteiger partial charge in [-0.2, -0.15) is 0 Å². The van der Waals surface area contributed by atoms with Gasteiger partial charge in [0.15, 0.2) is 0 Å². The van der Waals surface area contributed by atoms with E-state index in [1.807, 2.05) is 13.0 Å². The van der Waals surface area contributed by atoms with Crippen LogP contribution in [0.4, 0.5) is 0 Å². The summed E-state index contributed by atoms with van der Waals surface area (Å²) in [6, 6.07) is 4.54. The van der Waals surface area contributed by atoms with Crippen molar-refractivity contribution in [3.8, 4) is 11.5 Å². The van der Waals surface area contributed by atoms with E-state index in [-0.39, 0.29) is 18.5 Å². The minimum atomic E-state index is -0.872. The molecule has 1 aromatic rings. The summed E-state index contributed by atoms with van der Waals surface area (Å²) in [5, 5.41) is 12.1. The van der Waals surface area contributed by atoms with Gasteiger partial charge in [-0.15, -0.1) is 0 Å². The van der Waals surface area contributed by atoms with Gasteiger partial charge >= 0.3 is 5.97 Å². The molecule has 0 radical (unpaired) electrons. The monoisotopic (exact) mass is 336 g/mol. The molecule has 0 saturated carbocycles. The van der Waals surface area contributed by atoms with Gasteiger partial charge in [-0.05, 0) is 44.5 Å². The van der Waals surface area contributed by atoms with Crippen molar-refractivity contribution in [1.29, 1.82) is 0 Å². The van der Waals surface area contributed by atoms with Gasteiger partial charge in [-0.1, -0.05) is 0 Å². The van der Waals surface area contributed by atoms with E-state index in [9.17, 15) is 14.7 Å². The van der Waals surface area contributed by atoms with E-state index in [0.29, 0.717) is 24.5 Å². The van der Waals surface area contributed by atoms with E-state index in [1.165, 1.54) is 0 Å². The van der Waals surface area contributed by atoms with Crippen LogP contribution in [0, 0.1) is 0 Å². The van der Waals surface area contributed by atoms with Crippen LogP contribution in [0.15, 0.2) is 18.2 Å². The average Bonchev–Trinajstić information content (AvgIpc) is 3.02. The summed E-state index contributed by atoms with van der Waals surface area (Å²) in [6.45, 7) is 2.56. The van der Waals surface area contributed by atoms with Crippen LogP contribution >= 0.6 is 0 Å². The molecule has 7 heteroatoms. The Labute approximate surface area is 141 Å². The third kappa shape index (κ3) is 4.17. The summed E-state index contributed by atoms with van der Waals surface area (Å²) in [4.78, 5) is 25.2. The first-order chi connectivity index (χ1) is 11.5. The number of ether oxygens (including phenoxy) is 2. The maximum absolute atomic E-state index is 12.3. The second-order valence-corrected chi connectivity index (χ2v) is 5.86. The summed E-state index contributed by atoms with van der Waals surface area (Å²) in [6.07, 6.45) is 1.38. The second-order valence-electron chi connectivity index (χ2n) is 5.86. The fraction of sp³-hybridized carbons (Fsp3) is 0.529. The molecule has 132 valence electrons. The van der Waals surface area contributed by atoms with E-state index in [0.717, 1.165) is 12.0 Å².